The SMILES string of the molecule is CC(C)CCC[C@@H](C)[C@H]1CC[C@H]2[C@@H]3CC=C4C[C@@H](OC(=O)NC(C)[N+](C)(CCO)CCO)CC[C@]4(C)[C@H]3CC[C@]12C. The van der Waals surface area contributed by atoms with E-state index in [0.717, 1.165) is 54.8 Å². The average molecular weight is 576 g/mol. The lowest BCUT2D eigenvalue weighted by Gasteiger charge is -2.58. The zero-order valence-corrected chi connectivity index (χ0v) is 27.5. The molecule has 236 valence electrons. The van der Waals surface area contributed by atoms with E-state index in [0.29, 0.717) is 23.0 Å². The number of hydrogen-bond donors (Lipinski definition) is 3. The number of quaternary nitrogens is 1. The molecule has 6 nitrogen and oxygen atoms in total. The van der Waals surface area contributed by atoms with Crippen LogP contribution in [0.3, 0.4) is 0 Å². The van der Waals surface area contributed by atoms with Crippen LogP contribution in [0.4, 0.5) is 4.79 Å². The third kappa shape index (κ3) is 6.70. The van der Waals surface area contributed by atoms with Crippen molar-refractivity contribution in [3.63, 3.8) is 0 Å². The highest BCUT2D eigenvalue weighted by Gasteiger charge is 2.59. The molecule has 3 fully saturated rings. The third-order valence-electron chi connectivity index (χ3n) is 13.0. The molecule has 0 spiro atoms. The number of aliphatic hydroxyl groups excluding tert-OH is 2. The predicted molar refractivity (Wildman–Crippen MR) is 166 cm³/mol. The van der Waals surface area contributed by atoms with Crippen molar-refractivity contribution in [2.24, 2.45) is 46.3 Å². The molecule has 3 N–H and O–H groups in total. The van der Waals surface area contributed by atoms with Crippen LogP contribution in [0.1, 0.15) is 112 Å². The van der Waals surface area contributed by atoms with Crippen molar-refractivity contribution < 1.29 is 24.2 Å². The van der Waals surface area contributed by atoms with Gasteiger partial charge in [-0.2, -0.15) is 0 Å². The predicted octanol–water partition coefficient (Wildman–Crippen LogP) is 6.90. The first-order valence-electron chi connectivity index (χ1n) is 17.1. The summed E-state index contributed by atoms with van der Waals surface area (Å²) in [5.74, 6) is 4.98. The van der Waals surface area contributed by atoms with Crippen LogP contribution in [-0.2, 0) is 4.74 Å². The van der Waals surface area contributed by atoms with Gasteiger partial charge in [0.1, 0.15) is 19.2 Å². The number of alkyl carbamates (subject to hydrolysis) is 1. The highest BCUT2D eigenvalue weighted by molar-refractivity contribution is 5.67. The van der Waals surface area contributed by atoms with Gasteiger partial charge in [0.15, 0.2) is 6.17 Å². The van der Waals surface area contributed by atoms with Gasteiger partial charge in [0.25, 0.3) is 0 Å². The number of carbonyl (C=O) groups excluding carboxylic acids is 1. The maximum absolute atomic E-state index is 12.9. The average Bonchev–Trinajstić information content (AvgIpc) is 3.26. The fraction of sp³-hybridized carbons (Fsp3) is 0.914. The Kier molecular flexibility index (Phi) is 10.6. The van der Waals surface area contributed by atoms with Gasteiger partial charge in [-0.15, -0.1) is 0 Å². The molecular formula is C35H63N2O4+. The number of fused-ring (bicyclic) bond motifs is 5. The summed E-state index contributed by atoms with van der Waals surface area (Å²) in [6.45, 7) is 15.3. The molecule has 0 aromatic carbocycles. The summed E-state index contributed by atoms with van der Waals surface area (Å²) in [5.41, 5.74) is 2.29. The smallest absolute Gasteiger partial charge is 0.411 e. The quantitative estimate of drug-likeness (QED) is 0.134. The number of carbonyl (C=O) groups is 1. The lowest BCUT2D eigenvalue weighted by atomic mass is 9.47. The minimum absolute atomic E-state index is 0.00702. The summed E-state index contributed by atoms with van der Waals surface area (Å²) in [6, 6.07) is 0. The Bertz CT molecular complexity index is 914. The molecule has 3 saturated carbocycles. The van der Waals surface area contributed by atoms with Crippen molar-refractivity contribution in [3.8, 4) is 0 Å². The van der Waals surface area contributed by atoms with Crippen LogP contribution in [0, 0.1) is 46.3 Å². The number of allylic oxidation sites excluding steroid dienone is 1. The molecule has 0 saturated heterocycles. The number of hydrogen-bond acceptors (Lipinski definition) is 4. The zero-order chi connectivity index (χ0) is 30.0. The molecule has 0 radical (unpaired) electrons. The molecule has 4 aliphatic carbocycles. The van der Waals surface area contributed by atoms with Crippen LogP contribution in [0.5, 0.6) is 0 Å². The molecule has 9 atom stereocenters. The van der Waals surface area contributed by atoms with Crippen molar-refractivity contribution >= 4 is 6.09 Å². The van der Waals surface area contributed by atoms with Crippen molar-refractivity contribution in [3.05, 3.63) is 11.6 Å². The Balaban J connectivity index is 1.37. The Labute approximate surface area is 251 Å². The lowest BCUT2D eigenvalue weighted by molar-refractivity contribution is -0.934. The normalized spacial score (nSPS) is 36.5. The molecular weight excluding hydrogens is 512 g/mol. The molecule has 4 aliphatic rings. The largest absolute Gasteiger partial charge is 0.446 e. The van der Waals surface area contributed by atoms with Crippen LogP contribution in [0.25, 0.3) is 0 Å². The first kappa shape index (κ1) is 32.8. The minimum Gasteiger partial charge on any atom is -0.446 e. The fourth-order valence-electron chi connectivity index (χ4n) is 10.2. The van der Waals surface area contributed by atoms with Crippen LogP contribution < -0.4 is 5.32 Å². The molecule has 41 heavy (non-hydrogen) atoms. The second kappa shape index (κ2) is 13.3. The van der Waals surface area contributed by atoms with Crippen molar-refractivity contribution in [1.82, 2.24) is 5.32 Å². The van der Waals surface area contributed by atoms with Gasteiger partial charge in [0, 0.05) is 13.3 Å². The van der Waals surface area contributed by atoms with Crippen molar-refractivity contribution in [2.45, 2.75) is 124 Å². The topological polar surface area (TPSA) is 78.8 Å². The van der Waals surface area contributed by atoms with E-state index in [9.17, 15) is 15.0 Å². The monoisotopic (exact) mass is 575 g/mol. The lowest BCUT2D eigenvalue weighted by Crippen LogP contribution is -2.61. The molecule has 6 heteroatoms. The zero-order valence-electron chi connectivity index (χ0n) is 27.5. The molecule has 0 heterocycles. The third-order valence-corrected chi connectivity index (χ3v) is 13.0. The summed E-state index contributed by atoms with van der Waals surface area (Å²) >= 11 is 0. The number of nitrogens with zero attached hydrogens (tertiary/aromatic N) is 1. The summed E-state index contributed by atoms with van der Waals surface area (Å²) in [6.07, 6.45) is 15.7. The van der Waals surface area contributed by atoms with Crippen LogP contribution >= 0.6 is 0 Å². The molecule has 0 bridgehead atoms. The van der Waals surface area contributed by atoms with Crippen LogP contribution in [-0.4, -0.2) is 66.4 Å². The van der Waals surface area contributed by atoms with E-state index in [4.69, 9.17) is 4.74 Å². The second-order valence-corrected chi connectivity index (χ2v) is 15.8. The number of rotatable bonds is 12. The van der Waals surface area contributed by atoms with Gasteiger partial charge in [-0.05, 0) is 91.3 Å². The molecule has 0 aromatic heterocycles. The second-order valence-electron chi connectivity index (χ2n) is 15.8. The standard InChI is InChI=1S/C35H62N2O4/c1-24(2)9-8-10-25(3)30-13-14-31-29-12-11-27-23-28(15-17-34(27,5)32(29)16-18-35(30,31)6)41-33(40)36-26(4)37(7,19-21-38)20-22-39/h11,24-26,28-32,38-39H,8-10,12-23H2,1-7H3/p+1/t25-,26?,28+,29+,30-,31+,32+,34+,35-/m1/s1. The highest BCUT2D eigenvalue weighted by atomic mass is 16.6. The molecule has 0 aromatic rings. The first-order valence-corrected chi connectivity index (χ1v) is 17.1. The van der Waals surface area contributed by atoms with E-state index < -0.39 is 0 Å². The fourth-order valence-corrected chi connectivity index (χ4v) is 10.2. The van der Waals surface area contributed by atoms with E-state index in [1.54, 1.807) is 0 Å². The Hall–Kier alpha value is -1.11. The van der Waals surface area contributed by atoms with Crippen molar-refractivity contribution in [1.29, 1.82) is 0 Å². The number of amides is 1. The van der Waals surface area contributed by atoms with Gasteiger partial charge in [0.05, 0.1) is 20.3 Å². The summed E-state index contributed by atoms with van der Waals surface area (Å²) < 4.78 is 6.36. The van der Waals surface area contributed by atoms with E-state index in [1.165, 1.54) is 56.9 Å². The van der Waals surface area contributed by atoms with Crippen molar-refractivity contribution in [2.75, 3.05) is 33.4 Å². The summed E-state index contributed by atoms with van der Waals surface area (Å²) in [5, 5.41) is 22.0. The van der Waals surface area contributed by atoms with Gasteiger partial charge in [-0.3, -0.25) is 5.32 Å². The van der Waals surface area contributed by atoms with Gasteiger partial charge in [-0.25, -0.2) is 4.79 Å². The molecule has 1 unspecified atom stereocenters. The molecule has 0 aliphatic heterocycles. The van der Waals surface area contributed by atoms with E-state index in [2.05, 4.69) is 46.0 Å². The van der Waals surface area contributed by atoms with Gasteiger partial charge >= 0.3 is 6.09 Å². The number of aliphatic hydroxyl groups is 2. The Morgan fingerprint density at radius 3 is 2.39 bits per heavy atom. The minimum atomic E-state index is -0.381. The van der Waals surface area contributed by atoms with Crippen LogP contribution in [0.2, 0.25) is 0 Å². The number of ether oxygens (including phenoxy) is 1. The maximum atomic E-state index is 12.9. The number of nitrogens with one attached hydrogen (secondary N) is 1. The summed E-state index contributed by atoms with van der Waals surface area (Å²) in [4.78, 5) is 12.9. The Morgan fingerprint density at radius 1 is 1.02 bits per heavy atom. The number of likely N-dealkylation sites (N-methyl/N-ethyl adjacent to an activating group) is 1. The van der Waals surface area contributed by atoms with E-state index in [-0.39, 0.29) is 37.0 Å². The highest BCUT2D eigenvalue weighted by Crippen LogP contribution is 2.67. The summed E-state index contributed by atoms with van der Waals surface area (Å²) in [7, 11) is 1.95. The maximum Gasteiger partial charge on any atom is 0.411 e. The molecule has 1 amide bonds. The molecule has 4 rings (SSSR count). The van der Waals surface area contributed by atoms with Gasteiger partial charge < -0.3 is 19.4 Å². The Morgan fingerprint density at radius 2 is 1.73 bits per heavy atom. The van der Waals surface area contributed by atoms with Gasteiger partial charge in [0.2, 0.25) is 0 Å². The van der Waals surface area contributed by atoms with Crippen LogP contribution in [0.15, 0.2) is 11.6 Å². The van der Waals surface area contributed by atoms with E-state index >= 15 is 0 Å². The van der Waals surface area contributed by atoms with E-state index in [1.807, 2.05) is 14.0 Å². The van der Waals surface area contributed by atoms with Gasteiger partial charge in [-0.1, -0.05) is 65.5 Å². The first-order chi connectivity index (χ1) is 19.4.